The minimum absolute atomic E-state index is 0.204. The first-order valence-electron chi connectivity index (χ1n) is 10.9. The zero-order valence-electron chi connectivity index (χ0n) is 19.4. The van der Waals surface area contributed by atoms with Gasteiger partial charge >= 0.3 is 0 Å². The normalized spacial score (nSPS) is 10.7. The molecule has 8 heteroatoms. The highest BCUT2D eigenvalue weighted by atomic mass is 16.5. The Hall–Kier alpha value is -3.81. The van der Waals surface area contributed by atoms with E-state index in [-0.39, 0.29) is 17.5 Å². The molecule has 3 rings (SSSR count). The number of carbonyl (C=O) groups is 2. The molecule has 0 aliphatic carbocycles. The minimum Gasteiger partial charge on any atom is -0.497 e. The van der Waals surface area contributed by atoms with Gasteiger partial charge in [-0.25, -0.2) is 0 Å². The molecule has 0 aliphatic heterocycles. The van der Waals surface area contributed by atoms with Crippen LogP contribution >= 0.6 is 0 Å². The number of carbonyl (C=O) groups excluding carboxylic acids is 2. The Kier molecular flexibility index (Phi) is 8.07. The summed E-state index contributed by atoms with van der Waals surface area (Å²) < 4.78 is 12.5. The molecule has 0 saturated heterocycles. The van der Waals surface area contributed by atoms with E-state index in [4.69, 9.17) is 9.47 Å². The summed E-state index contributed by atoms with van der Waals surface area (Å²) in [5.41, 5.74) is 1.99. The topological polar surface area (TPSA) is 94.5 Å². The molecule has 1 heterocycles. The number of ether oxygens (including phenoxy) is 2. The van der Waals surface area contributed by atoms with Crippen molar-refractivity contribution in [2.45, 2.75) is 33.9 Å². The summed E-state index contributed by atoms with van der Waals surface area (Å²) in [6.07, 6.45) is 1.67. The number of aromatic nitrogens is 2. The van der Waals surface area contributed by atoms with E-state index in [0.29, 0.717) is 36.9 Å². The van der Waals surface area contributed by atoms with Crippen LogP contribution in [0.15, 0.2) is 54.7 Å². The summed E-state index contributed by atoms with van der Waals surface area (Å²) in [6.45, 7) is 7.44. The first-order valence-corrected chi connectivity index (χ1v) is 10.9. The molecule has 0 radical (unpaired) electrons. The first-order chi connectivity index (χ1) is 15.9. The SMILES string of the molecule is CCn1cc(NC(=O)c2ccc(COc3ccc(OC)cc3)cc2)c(C(=O)NCC(C)C)n1. The summed E-state index contributed by atoms with van der Waals surface area (Å²) in [6, 6.07) is 14.5. The molecule has 1 aromatic heterocycles. The van der Waals surface area contributed by atoms with E-state index >= 15 is 0 Å². The van der Waals surface area contributed by atoms with Crippen molar-refractivity contribution < 1.29 is 19.1 Å². The molecule has 0 unspecified atom stereocenters. The van der Waals surface area contributed by atoms with Crippen LogP contribution in [0.25, 0.3) is 0 Å². The third kappa shape index (κ3) is 6.58. The van der Waals surface area contributed by atoms with Gasteiger partial charge in [0, 0.05) is 24.8 Å². The van der Waals surface area contributed by atoms with Crippen molar-refractivity contribution in [3.05, 3.63) is 71.5 Å². The van der Waals surface area contributed by atoms with Gasteiger partial charge < -0.3 is 20.1 Å². The smallest absolute Gasteiger partial charge is 0.273 e. The van der Waals surface area contributed by atoms with Crippen LogP contribution in [0.3, 0.4) is 0 Å². The van der Waals surface area contributed by atoms with Crippen LogP contribution in [0.5, 0.6) is 11.5 Å². The zero-order chi connectivity index (χ0) is 23.8. The van der Waals surface area contributed by atoms with E-state index in [1.807, 2.05) is 57.2 Å². The van der Waals surface area contributed by atoms with Crippen LogP contribution in [0.1, 0.15) is 47.2 Å². The van der Waals surface area contributed by atoms with Crippen LogP contribution in [0.2, 0.25) is 0 Å². The number of methoxy groups -OCH3 is 1. The molecule has 0 spiro atoms. The molecule has 0 saturated carbocycles. The fourth-order valence-corrected chi connectivity index (χ4v) is 3.01. The molecule has 0 fully saturated rings. The van der Waals surface area contributed by atoms with Gasteiger partial charge in [-0.15, -0.1) is 0 Å². The predicted octanol–water partition coefficient (Wildman–Crippen LogP) is 4.13. The van der Waals surface area contributed by atoms with Crippen LogP contribution in [0.4, 0.5) is 5.69 Å². The zero-order valence-corrected chi connectivity index (χ0v) is 19.4. The summed E-state index contributed by atoms with van der Waals surface area (Å²) in [5, 5.41) is 9.95. The van der Waals surface area contributed by atoms with Crippen molar-refractivity contribution in [2.75, 3.05) is 19.0 Å². The summed E-state index contributed by atoms with van der Waals surface area (Å²) in [4.78, 5) is 25.3. The van der Waals surface area contributed by atoms with Crippen LogP contribution in [-0.4, -0.2) is 35.2 Å². The van der Waals surface area contributed by atoms with Crippen LogP contribution in [-0.2, 0) is 13.2 Å². The summed E-state index contributed by atoms with van der Waals surface area (Å²) in [7, 11) is 1.62. The Morgan fingerprint density at radius 1 is 1.00 bits per heavy atom. The Balaban J connectivity index is 1.63. The second-order valence-electron chi connectivity index (χ2n) is 7.97. The second-order valence-corrected chi connectivity index (χ2v) is 7.97. The van der Waals surface area contributed by atoms with Crippen molar-refractivity contribution in [1.82, 2.24) is 15.1 Å². The van der Waals surface area contributed by atoms with Crippen molar-refractivity contribution in [3.8, 4) is 11.5 Å². The van der Waals surface area contributed by atoms with Crippen molar-refractivity contribution in [1.29, 1.82) is 0 Å². The van der Waals surface area contributed by atoms with Gasteiger partial charge in [-0.1, -0.05) is 26.0 Å². The van der Waals surface area contributed by atoms with E-state index in [2.05, 4.69) is 15.7 Å². The summed E-state index contributed by atoms with van der Waals surface area (Å²) in [5.74, 6) is 1.19. The number of nitrogens with zero attached hydrogens (tertiary/aromatic N) is 2. The fraction of sp³-hybridized carbons (Fsp3) is 0.320. The van der Waals surface area contributed by atoms with Gasteiger partial charge in [0.25, 0.3) is 11.8 Å². The van der Waals surface area contributed by atoms with E-state index in [1.165, 1.54) is 0 Å². The van der Waals surface area contributed by atoms with Crippen molar-refractivity contribution >= 4 is 17.5 Å². The second kappa shape index (κ2) is 11.2. The molecule has 33 heavy (non-hydrogen) atoms. The maximum atomic E-state index is 12.8. The fourth-order valence-electron chi connectivity index (χ4n) is 3.01. The molecular weight excluding hydrogens is 420 g/mol. The molecular formula is C25H30N4O4. The van der Waals surface area contributed by atoms with Gasteiger partial charge in [0.15, 0.2) is 5.69 Å². The molecule has 3 aromatic rings. The average Bonchev–Trinajstić information content (AvgIpc) is 3.24. The quantitative estimate of drug-likeness (QED) is 0.484. The molecule has 174 valence electrons. The van der Waals surface area contributed by atoms with Crippen molar-refractivity contribution in [3.63, 3.8) is 0 Å². The van der Waals surface area contributed by atoms with Gasteiger partial charge in [0.1, 0.15) is 18.1 Å². The van der Waals surface area contributed by atoms with E-state index in [0.717, 1.165) is 17.1 Å². The van der Waals surface area contributed by atoms with E-state index in [1.54, 1.807) is 30.1 Å². The number of benzene rings is 2. The highest BCUT2D eigenvalue weighted by Crippen LogP contribution is 2.19. The molecule has 8 nitrogen and oxygen atoms in total. The van der Waals surface area contributed by atoms with E-state index < -0.39 is 0 Å². The number of hydrogen-bond donors (Lipinski definition) is 2. The van der Waals surface area contributed by atoms with Crippen LogP contribution < -0.4 is 20.1 Å². The summed E-state index contributed by atoms with van der Waals surface area (Å²) >= 11 is 0. The first kappa shape index (κ1) is 23.8. The van der Waals surface area contributed by atoms with Gasteiger partial charge in [0.2, 0.25) is 0 Å². The van der Waals surface area contributed by atoms with Gasteiger partial charge in [0.05, 0.1) is 12.8 Å². The lowest BCUT2D eigenvalue weighted by molar-refractivity contribution is 0.0944. The third-order valence-electron chi connectivity index (χ3n) is 4.90. The number of aryl methyl sites for hydroxylation is 1. The standard InChI is InChI=1S/C25H30N4O4/c1-5-29-15-22(23(28-29)25(31)26-14-17(2)3)27-24(30)19-8-6-18(7-9-19)16-33-21-12-10-20(32-4)11-13-21/h6-13,15,17H,5,14,16H2,1-4H3,(H,26,31)(H,27,30). The highest BCUT2D eigenvalue weighted by molar-refractivity contribution is 6.08. The molecule has 2 amide bonds. The number of amides is 2. The molecule has 0 bridgehead atoms. The Morgan fingerprint density at radius 2 is 1.67 bits per heavy atom. The van der Waals surface area contributed by atoms with Gasteiger partial charge in [-0.05, 0) is 54.8 Å². The lowest BCUT2D eigenvalue weighted by atomic mass is 10.1. The Morgan fingerprint density at radius 3 is 2.27 bits per heavy atom. The molecule has 2 N–H and O–H groups in total. The van der Waals surface area contributed by atoms with Gasteiger partial charge in [-0.2, -0.15) is 5.10 Å². The Labute approximate surface area is 193 Å². The number of hydrogen-bond acceptors (Lipinski definition) is 5. The highest BCUT2D eigenvalue weighted by Gasteiger charge is 2.19. The maximum Gasteiger partial charge on any atom is 0.273 e. The minimum atomic E-state index is -0.314. The Bertz CT molecular complexity index is 1070. The average molecular weight is 451 g/mol. The monoisotopic (exact) mass is 450 g/mol. The predicted molar refractivity (Wildman–Crippen MR) is 127 cm³/mol. The number of anilines is 1. The number of rotatable bonds is 10. The maximum absolute atomic E-state index is 12.8. The van der Waals surface area contributed by atoms with E-state index in [9.17, 15) is 9.59 Å². The van der Waals surface area contributed by atoms with Gasteiger partial charge in [-0.3, -0.25) is 14.3 Å². The lowest BCUT2D eigenvalue weighted by Gasteiger charge is -2.09. The molecule has 0 aliphatic rings. The largest absolute Gasteiger partial charge is 0.497 e. The molecule has 0 atom stereocenters. The number of nitrogens with one attached hydrogen (secondary N) is 2. The van der Waals surface area contributed by atoms with Crippen molar-refractivity contribution in [2.24, 2.45) is 5.92 Å². The third-order valence-corrected chi connectivity index (χ3v) is 4.90. The van der Waals surface area contributed by atoms with Crippen LogP contribution in [0, 0.1) is 5.92 Å². The lowest BCUT2D eigenvalue weighted by Crippen LogP contribution is -2.28. The molecule has 2 aromatic carbocycles.